The third kappa shape index (κ3) is 3.00. The molecule has 0 aliphatic heterocycles. The van der Waals surface area contributed by atoms with Gasteiger partial charge in [-0.1, -0.05) is 0 Å². The molecule has 1 aliphatic carbocycles. The average molecular weight is 271 g/mol. The van der Waals surface area contributed by atoms with Gasteiger partial charge < -0.3 is 9.47 Å². The molecule has 0 aromatic carbocycles. The summed E-state index contributed by atoms with van der Waals surface area (Å²) in [6.45, 7) is 1.74. The van der Waals surface area contributed by atoms with Crippen molar-refractivity contribution in [1.82, 2.24) is 4.98 Å². The van der Waals surface area contributed by atoms with Crippen LogP contribution in [0.3, 0.4) is 0 Å². The Balaban J connectivity index is 2.04. The van der Waals surface area contributed by atoms with E-state index >= 15 is 0 Å². The Labute approximate surface area is 109 Å². The first-order chi connectivity index (χ1) is 8.95. The SMILES string of the molecule is COc1nc(C=O)ccc1OC(C)C1CC(F)(F)C1. The Morgan fingerprint density at radius 1 is 1.47 bits per heavy atom. The van der Waals surface area contributed by atoms with Crippen LogP contribution in [-0.2, 0) is 0 Å². The lowest BCUT2D eigenvalue weighted by Crippen LogP contribution is -2.43. The summed E-state index contributed by atoms with van der Waals surface area (Å²) in [5, 5.41) is 0. The number of nitrogens with zero attached hydrogens (tertiary/aromatic N) is 1. The molecule has 1 aliphatic rings. The van der Waals surface area contributed by atoms with E-state index in [0.717, 1.165) is 0 Å². The number of alkyl halides is 2. The highest BCUT2D eigenvalue weighted by Crippen LogP contribution is 2.45. The molecule has 0 amide bonds. The third-order valence-electron chi connectivity index (χ3n) is 3.26. The second-order valence-electron chi connectivity index (χ2n) is 4.71. The molecule has 1 saturated carbocycles. The van der Waals surface area contributed by atoms with E-state index in [1.54, 1.807) is 13.0 Å². The highest BCUT2D eigenvalue weighted by atomic mass is 19.3. The van der Waals surface area contributed by atoms with Gasteiger partial charge in [0.1, 0.15) is 5.69 Å². The van der Waals surface area contributed by atoms with E-state index < -0.39 is 5.92 Å². The Morgan fingerprint density at radius 2 is 2.16 bits per heavy atom. The van der Waals surface area contributed by atoms with Gasteiger partial charge in [0.25, 0.3) is 5.88 Å². The Kier molecular flexibility index (Phi) is 3.68. The summed E-state index contributed by atoms with van der Waals surface area (Å²) >= 11 is 0. The van der Waals surface area contributed by atoms with Crippen molar-refractivity contribution >= 4 is 6.29 Å². The highest BCUT2D eigenvalue weighted by molar-refractivity contribution is 5.72. The second kappa shape index (κ2) is 5.11. The standard InChI is InChI=1S/C13H15F2NO3/c1-8(9-5-13(14,15)6-9)19-11-4-3-10(7-17)16-12(11)18-2/h3-4,7-9H,5-6H2,1-2H3. The third-order valence-corrected chi connectivity index (χ3v) is 3.26. The Bertz CT molecular complexity index is 471. The van der Waals surface area contributed by atoms with Crippen molar-refractivity contribution in [2.24, 2.45) is 5.92 Å². The molecule has 19 heavy (non-hydrogen) atoms. The lowest BCUT2D eigenvalue weighted by molar-refractivity contribution is -0.134. The summed E-state index contributed by atoms with van der Waals surface area (Å²) in [5.41, 5.74) is 0.229. The van der Waals surface area contributed by atoms with Gasteiger partial charge in [-0.15, -0.1) is 0 Å². The van der Waals surface area contributed by atoms with E-state index in [1.807, 2.05) is 0 Å². The maximum absolute atomic E-state index is 12.8. The minimum absolute atomic E-state index is 0.156. The highest BCUT2D eigenvalue weighted by Gasteiger charge is 2.48. The van der Waals surface area contributed by atoms with Gasteiger partial charge in [0.15, 0.2) is 12.0 Å². The van der Waals surface area contributed by atoms with E-state index in [0.29, 0.717) is 12.0 Å². The fourth-order valence-corrected chi connectivity index (χ4v) is 2.08. The number of hydrogen-bond acceptors (Lipinski definition) is 4. The molecule has 1 atom stereocenters. The molecule has 0 saturated heterocycles. The second-order valence-corrected chi connectivity index (χ2v) is 4.71. The number of aromatic nitrogens is 1. The molecule has 0 radical (unpaired) electrons. The van der Waals surface area contributed by atoms with Crippen molar-refractivity contribution in [2.45, 2.75) is 31.8 Å². The Morgan fingerprint density at radius 3 is 2.68 bits per heavy atom. The van der Waals surface area contributed by atoms with Crippen molar-refractivity contribution in [1.29, 1.82) is 0 Å². The van der Waals surface area contributed by atoms with E-state index in [9.17, 15) is 13.6 Å². The smallest absolute Gasteiger partial charge is 0.257 e. The van der Waals surface area contributed by atoms with Crippen LogP contribution in [0.25, 0.3) is 0 Å². The topological polar surface area (TPSA) is 48.4 Å². The predicted octanol–water partition coefficient (Wildman–Crippen LogP) is 2.72. The van der Waals surface area contributed by atoms with Crippen LogP contribution in [0.2, 0.25) is 0 Å². The summed E-state index contributed by atoms with van der Waals surface area (Å²) in [5.74, 6) is -2.20. The molecule has 0 spiro atoms. The number of pyridine rings is 1. The van der Waals surface area contributed by atoms with Crippen LogP contribution in [0.15, 0.2) is 12.1 Å². The van der Waals surface area contributed by atoms with Crippen LogP contribution >= 0.6 is 0 Å². The number of carbonyl (C=O) groups is 1. The zero-order valence-corrected chi connectivity index (χ0v) is 10.7. The Hall–Kier alpha value is -1.72. The van der Waals surface area contributed by atoms with Crippen molar-refractivity contribution in [3.63, 3.8) is 0 Å². The predicted molar refractivity (Wildman–Crippen MR) is 63.9 cm³/mol. The van der Waals surface area contributed by atoms with Crippen LogP contribution in [0, 0.1) is 5.92 Å². The molecular weight excluding hydrogens is 256 g/mol. The quantitative estimate of drug-likeness (QED) is 0.773. The molecule has 2 rings (SSSR count). The lowest BCUT2D eigenvalue weighted by Gasteiger charge is -2.38. The number of carbonyl (C=O) groups excluding carboxylic acids is 1. The van der Waals surface area contributed by atoms with Gasteiger partial charge >= 0.3 is 0 Å². The molecule has 0 N–H and O–H groups in total. The van der Waals surface area contributed by atoms with Gasteiger partial charge in [-0.05, 0) is 19.1 Å². The van der Waals surface area contributed by atoms with Crippen molar-refractivity contribution in [2.75, 3.05) is 7.11 Å². The molecule has 1 unspecified atom stereocenters. The molecule has 1 heterocycles. The first kappa shape index (κ1) is 13.7. The monoisotopic (exact) mass is 271 g/mol. The lowest BCUT2D eigenvalue weighted by atomic mass is 9.78. The summed E-state index contributed by atoms with van der Waals surface area (Å²) in [6, 6.07) is 3.05. The van der Waals surface area contributed by atoms with E-state index in [1.165, 1.54) is 13.2 Å². The van der Waals surface area contributed by atoms with Crippen LogP contribution in [0.1, 0.15) is 30.3 Å². The minimum Gasteiger partial charge on any atom is -0.485 e. The molecule has 1 fully saturated rings. The van der Waals surface area contributed by atoms with Crippen molar-refractivity contribution in [3.8, 4) is 11.6 Å². The summed E-state index contributed by atoms with van der Waals surface area (Å²) in [4.78, 5) is 14.5. The maximum atomic E-state index is 12.8. The molecule has 1 aromatic heterocycles. The zero-order valence-electron chi connectivity index (χ0n) is 10.7. The normalized spacial score (nSPS) is 19.4. The molecule has 1 aromatic rings. The maximum Gasteiger partial charge on any atom is 0.257 e. The molecule has 0 bridgehead atoms. The number of methoxy groups -OCH3 is 1. The van der Waals surface area contributed by atoms with Gasteiger partial charge in [-0.3, -0.25) is 4.79 Å². The first-order valence-electron chi connectivity index (χ1n) is 6.00. The average Bonchev–Trinajstić information content (AvgIpc) is 2.36. The summed E-state index contributed by atoms with van der Waals surface area (Å²) < 4.78 is 36.2. The fraction of sp³-hybridized carbons (Fsp3) is 0.538. The van der Waals surface area contributed by atoms with Crippen LogP contribution < -0.4 is 9.47 Å². The number of rotatable bonds is 5. The molecule has 4 nitrogen and oxygen atoms in total. The summed E-state index contributed by atoms with van der Waals surface area (Å²) in [6.07, 6.45) is -0.0630. The minimum atomic E-state index is -2.56. The van der Waals surface area contributed by atoms with E-state index in [4.69, 9.17) is 9.47 Å². The van der Waals surface area contributed by atoms with Gasteiger partial charge in [0, 0.05) is 18.8 Å². The largest absolute Gasteiger partial charge is 0.485 e. The summed E-state index contributed by atoms with van der Waals surface area (Å²) in [7, 11) is 1.41. The number of hydrogen-bond donors (Lipinski definition) is 0. The molecular formula is C13H15F2NO3. The number of halogens is 2. The number of aldehydes is 1. The zero-order chi connectivity index (χ0) is 14.0. The van der Waals surface area contributed by atoms with Crippen LogP contribution in [0.4, 0.5) is 8.78 Å². The van der Waals surface area contributed by atoms with Gasteiger partial charge in [-0.2, -0.15) is 0 Å². The van der Waals surface area contributed by atoms with Gasteiger partial charge in [0.2, 0.25) is 5.92 Å². The molecule has 6 heteroatoms. The van der Waals surface area contributed by atoms with E-state index in [-0.39, 0.29) is 36.4 Å². The van der Waals surface area contributed by atoms with Gasteiger partial charge in [0.05, 0.1) is 13.2 Å². The van der Waals surface area contributed by atoms with Crippen molar-refractivity contribution < 1.29 is 23.0 Å². The molecule has 104 valence electrons. The fourth-order valence-electron chi connectivity index (χ4n) is 2.08. The van der Waals surface area contributed by atoms with Crippen LogP contribution in [-0.4, -0.2) is 30.4 Å². The van der Waals surface area contributed by atoms with Gasteiger partial charge in [-0.25, -0.2) is 13.8 Å². The van der Waals surface area contributed by atoms with Crippen molar-refractivity contribution in [3.05, 3.63) is 17.8 Å². The number of ether oxygens (including phenoxy) is 2. The van der Waals surface area contributed by atoms with E-state index in [2.05, 4.69) is 4.98 Å². The first-order valence-corrected chi connectivity index (χ1v) is 6.00. The van der Waals surface area contributed by atoms with Crippen LogP contribution in [0.5, 0.6) is 11.6 Å².